The van der Waals surface area contributed by atoms with Gasteiger partial charge in [0.1, 0.15) is 6.29 Å². The minimum Gasteiger partial charge on any atom is -0.393 e. The standard InChI is InChI=1S/C10H20O.2C10H18O/c2*1-7(2)9-5-4-8(3)6-10(9)11;1-9(2)5-4-6-10(3)7-8-11/h7-11H,4-6H2,1-3H3;8-11H,1,4-6H2,2-3H3;5,8,10H,4,6-7H2,1-3H3/t2*8-,9+,10-;10-/m111/s1. The fourth-order valence-electron chi connectivity index (χ4n) is 5.02. The van der Waals surface area contributed by atoms with Gasteiger partial charge in [-0.15, -0.1) is 0 Å². The first-order chi connectivity index (χ1) is 15.4. The van der Waals surface area contributed by atoms with Crippen molar-refractivity contribution in [1.29, 1.82) is 0 Å². The summed E-state index contributed by atoms with van der Waals surface area (Å²) in [6.45, 7) is 21.1. The van der Waals surface area contributed by atoms with E-state index >= 15 is 0 Å². The first-order valence-electron chi connectivity index (χ1n) is 13.5. The van der Waals surface area contributed by atoms with E-state index in [0.717, 1.165) is 49.9 Å². The third kappa shape index (κ3) is 14.8. The Morgan fingerprint density at radius 1 is 0.939 bits per heavy atom. The van der Waals surface area contributed by atoms with E-state index in [-0.39, 0.29) is 12.2 Å². The normalized spacial score (nSPS) is 30.2. The molecule has 0 bridgehead atoms. The van der Waals surface area contributed by atoms with Crippen molar-refractivity contribution >= 4 is 6.29 Å². The van der Waals surface area contributed by atoms with Gasteiger partial charge in [0.2, 0.25) is 0 Å². The van der Waals surface area contributed by atoms with Gasteiger partial charge in [-0.05, 0) is 95.3 Å². The fourth-order valence-corrected chi connectivity index (χ4v) is 5.02. The zero-order valence-corrected chi connectivity index (χ0v) is 23.1. The lowest BCUT2D eigenvalue weighted by Crippen LogP contribution is -2.31. The minimum atomic E-state index is -0.128. The molecule has 0 aromatic heterocycles. The average Bonchev–Trinajstić information content (AvgIpc) is 2.68. The van der Waals surface area contributed by atoms with Crippen molar-refractivity contribution < 1.29 is 15.0 Å². The molecule has 0 aromatic carbocycles. The molecule has 0 aromatic rings. The van der Waals surface area contributed by atoms with Gasteiger partial charge >= 0.3 is 0 Å². The summed E-state index contributed by atoms with van der Waals surface area (Å²) in [5, 5.41) is 19.4. The summed E-state index contributed by atoms with van der Waals surface area (Å²) in [6, 6.07) is 0. The van der Waals surface area contributed by atoms with E-state index < -0.39 is 0 Å². The molecule has 2 aliphatic rings. The van der Waals surface area contributed by atoms with E-state index in [1.807, 2.05) is 6.92 Å². The molecule has 0 saturated heterocycles. The quantitative estimate of drug-likeness (QED) is 0.299. The molecule has 0 heterocycles. The summed E-state index contributed by atoms with van der Waals surface area (Å²) in [5.41, 5.74) is 2.51. The number of rotatable bonds is 7. The Balaban J connectivity index is 0.000000465. The van der Waals surface area contributed by atoms with Crippen molar-refractivity contribution in [2.45, 2.75) is 125 Å². The zero-order valence-electron chi connectivity index (χ0n) is 23.1. The van der Waals surface area contributed by atoms with Crippen LogP contribution in [0.1, 0.15) is 113 Å². The van der Waals surface area contributed by atoms with Crippen molar-refractivity contribution in [3.8, 4) is 0 Å². The van der Waals surface area contributed by atoms with Gasteiger partial charge < -0.3 is 15.0 Å². The molecule has 2 rings (SSSR count). The van der Waals surface area contributed by atoms with Crippen molar-refractivity contribution in [3.63, 3.8) is 0 Å². The van der Waals surface area contributed by atoms with E-state index in [1.165, 1.54) is 24.8 Å². The Labute approximate surface area is 206 Å². The first kappa shape index (κ1) is 32.1. The highest BCUT2D eigenvalue weighted by atomic mass is 16.3. The molecular weight excluding hydrogens is 408 g/mol. The molecule has 0 spiro atoms. The molecule has 2 aliphatic carbocycles. The third-order valence-corrected chi connectivity index (χ3v) is 7.41. The van der Waals surface area contributed by atoms with Crippen molar-refractivity contribution in [3.05, 3.63) is 23.8 Å². The Bertz CT molecular complexity index is 561. The van der Waals surface area contributed by atoms with Crippen LogP contribution in [0.4, 0.5) is 0 Å². The van der Waals surface area contributed by atoms with Crippen LogP contribution in [0.15, 0.2) is 23.8 Å². The lowest BCUT2D eigenvalue weighted by Gasteiger charge is -2.33. The lowest BCUT2D eigenvalue weighted by molar-refractivity contribution is -0.108. The van der Waals surface area contributed by atoms with Gasteiger partial charge in [0.25, 0.3) is 0 Å². The Morgan fingerprint density at radius 2 is 1.48 bits per heavy atom. The van der Waals surface area contributed by atoms with Gasteiger partial charge in [-0.3, -0.25) is 0 Å². The second kappa shape index (κ2) is 17.5. The number of aldehydes is 1. The summed E-state index contributed by atoms with van der Waals surface area (Å²) >= 11 is 0. The highest BCUT2D eigenvalue weighted by molar-refractivity contribution is 5.49. The highest BCUT2D eigenvalue weighted by Crippen LogP contribution is 2.33. The van der Waals surface area contributed by atoms with Crippen LogP contribution >= 0.6 is 0 Å². The summed E-state index contributed by atoms with van der Waals surface area (Å²) < 4.78 is 0. The van der Waals surface area contributed by atoms with E-state index in [9.17, 15) is 15.0 Å². The molecule has 0 aliphatic heterocycles. The van der Waals surface area contributed by atoms with Crippen LogP contribution in [0.2, 0.25) is 0 Å². The Morgan fingerprint density at radius 3 is 1.91 bits per heavy atom. The molecule has 194 valence electrons. The fraction of sp³-hybridized carbons (Fsp3) is 0.833. The molecule has 3 nitrogen and oxygen atoms in total. The number of aliphatic hydroxyl groups excluding tert-OH is 2. The second-order valence-electron chi connectivity index (χ2n) is 11.7. The van der Waals surface area contributed by atoms with Crippen molar-refractivity contribution in [1.82, 2.24) is 0 Å². The van der Waals surface area contributed by atoms with Crippen LogP contribution < -0.4 is 0 Å². The number of carbonyl (C=O) groups is 1. The smallest absolute Gasteiger partial charge is 0.120 e. The maximum atomic E-state index is 10.1. The third-order valence-electron chi connectivity index (χ3n) is 7.41. The summed E-state index contributed by atoms with van der Waals surface area (Å²) in [4.78, 5) is 10.1. The molecule has 33 heavy (non-hydrogen) atoms. The number of allylic oxidation sites excluding steroid dienone is 2. The van der Waals surface area contributed by atoms with Gasteiger partial charge in [0.15, 0.2) is 0 Å². The topological polar surface area (TPSA) is 57.5 Å². The number of carbonyl (C=O) groups excluding carboxylic acids is 1. The highest BCUT2D eigenvalue weighted by Gasteiger charge is 2.29. The maximum absolute atomic E-state index is 10.1. The SMILES string of the molecule is C=C(C)[C@@H]1CC[C@@H](C)C[C@H]1O.CC(C)=CCC[C@@H](C)CC=O.CC(C)[C@@H]1CC[C@@H](C)C[C@H]1O. The van der Waals surface area contributed by atoms with Gasteiger partial charge in [-0.25, -0.2) is 0 Å². The minimum absolute atomic E-state index is 0.0289. The molecule has 2 saturated carbocycles. The van der Waals surface area contributed by atoms with E-state index in [0.29, 0.717) is 36.0 Å². The van der Waals surface area contributed by atoms with Gasteiger partial charge in [0.05, 0.1) is 12.2 Å². The molecule has 0 radical (unpaired) electrons. The molecule has 2 N–H and O–H groups in total. The number of aliphatic hydroxyl groups is 2. The average molecular weight is 465 g/mol. The monoisotopic (exact) mass is 464 g/mol. The molecule has 0 unspecified atom stereocenters. The first-order valence-corrected chi connectivity index (χ1v) is 13.5. The van der Waals surface area contributed by atoms with E-state index in [4.69, 9.17) is 0 Å². The molecule has 0 amide bonds. The summed E-state index contributed by atoms with van der Waals surface area (Å²) in [7, 11) is 0. The number of hydrogen-bond donors (Lipinski definition) is 2. The van der Waals surface area contributed by atoms with Gasteiger partial charge in [-0.2, -0.15) is 0 Å². The van der Waals surface area contributed by atoms with Crippen LogP contribution in [0.25, 0.3) is 0 Å². The molecule has 3 heteroatoms. The largest absolute Gasteiger partial charge is 0.393 e. The van der Waals surface area contributed by atoms with Crippen molar-refractivity contribution in [2.24, 2.45) is 35.5 Å². The van der Waals surface area contributed by atoms with Crippen LogP contribution in [-0.2, 0) is 4.79 Å². The number of hydrogen-bond acceptors (Lipinski definition) is 3. The lowest BCUT2D eigenvalue weighted by atomic mass is 9.75. The van der Waals surface area contributed by atoms with Crippen LogP contribution in [0, 0.1) is 35.5 Å². The summed E-state index contributed by atoms with van der Waals surface area (Å²) in [6.07, 6.45) is 12.9. The van der Waals surface area contributed by atoms with E-state index in [1.54, 1.807) is 0 Å². The van der Waals surface area contributed by atoms with E-state index in [2.05, 4.69) is 61.1 Å². The summed E-state index contributed by atoms with van der Waals surface area (Å²) in [5.74, 6) is 3.55. The van der Waals surface area contributed by atoms with Gasteiger partial charge in [-0.1, -0.05) is 64.8 Å². The van der Waals surface area contributed by atoms with Gasteiger partial charge in [0, 0.05) is 12.3 Å². The second-order valence-corrected chi connectivity index (χ2v) is 11.7. The molecule has 7 atom stereocenters. The Kier molecular flexibility index (Phi) is 17.0. The van der Waals surface area contributed by atoms with Crippen molar-refractivity contribution in [2.75, 3.05) is 0 Å². The predicted octanol–water partition coefficient (Wildman–Crippen LogP) is 7.76. The van der Waals surface area contributed by atoms with Crippen LogP contribution in [0.3, 0.4) is 0 Å². The molecule has 2 fully saturated rings. The Hall–Kier alpha value is -0.930. The predicted molar refractivity (Wildman–Crippen MR) is 143 cm³/mol. The zero-order chi connectivity index (χ0) is 25.6. The van der Waals surface area contributed by atoms with Crippen LogP contribution in [-0.4, -0.2) is 28.7 Å². The molecular formula is C30H56O3. The van der Waals surface area contributed by atoms with Crippen LogP contribution in [0.5, 0.6) is 0 Å². The maximum Gasteiger partial charge on any atom is 0.120 e.